The molecule has 2 aliphatic rings. The monoisotopic (exact) mass is 591 g/mol. The highest BCUT2D eigenvalue weighted by atomic mass is 35.5. The summed E-state index contributed by atoms with van der Waals surface area (Å²) in [4.78, 5) is 26.0. The van der Waals surface area contributed by atoms with E-state index in [0.29, 0.717) is 50.1 Å². The van der Waals surface area contributed by atoms with Gasteiger partial charge in [-0.3, -0.25) is 5.32 Å². The Morgan fingerprint density at radius 3 is 2.85 bits per heavy atom. The fourth-order valence-corrected chi connectivity index (χ4v) is 6.50. The van der Waals surface area contributed by atoms with E-state index in [1.54, 1.807) is 23.0 Å². The number of fused-ring (bicyclic) bond motifs is 1. The van der Waals surface area contributed by atoms with E-state index in [-0.39, 0.29) is 18.2 Å². The summed E-state index contributed by atoms with van der Waals surface area (Å²) in [5.74, 6) is 7.25. The normalized spacial score (nSPS) is 18.8. The van der Waals surface area contributed by atoms with Crippen molar-refractivity contribution in [1.82, 2.24) is 20.2 Å². The van der Waals surface area contributed by atoms with E-state index >= 15 is 0 Å². The van der Waals surface area contributed by atoms with Gasteiger partial charge in [0.2, 0.25) is 0 Å². The lowest BCUT2D eigenvalue weighted by Crippen LogP contribution is -2.42. The van der Waals surface area contributed by atoms with Crippen LogP contribution in [0.3, 0.4) is 0 Å². The molecule has 0 saturated carbocycles. The van der Waals surface area contributed by atoms with Crippen molar-refractivity contribution < 1.29 is 14.3 Å². The first-order valence-electron chi connectivity index (χ1n) is 12.9. The molecule has 0 aliphatic carbocycles. The molecule has 40 heavy (non-hydrogen) atoms. The molecule has 2 fully saturated rings. The van der Waals surface area contributed by atoms with Crippen LogP contribution >= 0.6 is 34.7 Å². The van der Waals surface area contributed by atoms with Crippen LogP contribution in [0, 0.1) is 11.8 Å². The maximum Gasteiger partial charge on any atom is 0.410 e. The molecule has 6 rings (SSSR count). The zero-order valence-electron chi connectivity index (χ0n) is 21.4. The molecule has 0 bridgehead atoms. The molecule has 2 aromatic heterocycles. The van der Waals surface area contributed by atoms with E-state index in [0.717, 1.165) is 30.6 Å². The molecule has 0 spiro atoms. The predicted octanol–water partition coefficient (Wildman–Crippen LogP) is 5.79. The molecule has 4 heterocycles. The quantitative estimate of drug-likeness (QED) is 0.282. The number of nitrogens with one attached hydrogen (secondary N) is 2. The first kappa shape index (κ1) is 26.9. The summed E-state index contributed by atoms with van der Waals surface area (Å²) < 4.78 is 11.9. The number of carbonyl (C=O) groups excluding carboxylic acids is 1. The van der Waals surface area contributed by atoms with Crippen molar-refractivity contribution in [3.8, 4) is 11.8 Å². The Balaban J connectivity index is 1.10. The van der Waals surface area contributed by atoms with Gasteiger partial charge in [0.15, 0.2) is 5.82 Å². The van der Waals surface area contributed by atoms with Gasteiger partial charge in [0, 0.05) is 41.5 Å². The third-order valence-electron chi connectivity index (χ3n) is 6.47. The lowest BCUT2D eigenvalue weighted by molar-refractivity contribution is 0.0156. The minimum atomic E-state index is -0.280. The van der Waals surface area contributed by atoms with Gasteiger partial charge in [-0.25, -0.2) is 14.8 Å². The summed E-state index contributed by atoms with van der Waals surface area (Å²) in [6.45, 7) is 2.83. The highest BCUT2D eigenvalue weighted by molar-refractivity contribution is 7.99. The number of anilines is 2. The van der Waals surface area contributed by atoms with Gasteiger partial charge in [0.1, 0.15) is 12.4 Å². The second kappa shape index (κ2) is 12.5. The van der Waals surface area contributed by atoms with Crippen LogP contribution in [-0.4, -0.2) is 66.0 Å². The molecule has 1 amide bonds. The molecule has 4 aromatic rings. The molecule has 204 valence electrons. The van der Waals surface area contributed by atoms with E-state index in [2.05, 4.69) is 44.6 Å². The van der Waals surface area contributed by atoms with Gasteiger partial charge < -0.3 is 19.7 Å². The Kier molecular flexibility index (Phi) is 8.37. The third-order valence-corrected chi connectivity index (χ3v) is 9.03. The van der Waals surface area contributed by atoms with Crippen molar-refractivity contribution in [2.24, 2.45) is 0 Å². The predicted molar refractivity (Wildman–Crippen MR) is 159 cm³/mol. The number of benzene rings is 2. The van der Waals surface area contributed by atoms with Gasteiger partial charge in [-0.05, 0) is 36.4 Å². The number of thiophene rings is 1. The molecule has 2 saturated heterocycles. The number of morpholine rings is 1. The Morgan fingerprint density at radius 2 is 2.02 bits per heavy atom. The van der Waals surface area contributed by atoms with Crippen LogP contribution in [0.5, 0.6) is 0 Å². The van der Waals surface area contributed by atoms with Gasteiger partial charge >= 0.3 is 6.09 Å². The standard InChI is InChI=1S/C29H26ClN5O3S2/c30-24-15-20(7-9-26(24)39-22-4-2-1-3-5-22)34-28-27-25(32-18-33-28)16-23(40-27)8-6-19-14-21(17-31-19)38-29(36)35-10-12-37-13-11-35/h1-5,7,9,15-16,18-19,21,31H,10-14,17H2,(H,32,33,34)/t19-,21-/m1/s1. The molecule has 0 radical (unpaired) electrons. The Hall–Kier alpha value is -3.33. The zero-order valence-corrected chi connectivity index (χ0v) is 23.8. The number of aromatic nitrogens is 2. The van der Waals surface area contributed by atoms with Crippen LogP contribution in [0.4, 0.5) is 16.3 Å². The molecule has 2 aliphatic heterocycles. The summed E-state index contributed by atoms with van der Waals surface area (Å²) in [6.07, 6.45) is 1.72. The summed E-state index contributed by atoms with van der Waals surface area (Å²) in [5.41, 5.74) is 1.67. The zero-order chi connectivity index (χ0) is 27.3. The van der Waals surface area contributed by atoms with Crippen LogP contribution in [0.25, 0.3) is 10.2 Å². The number of nitrogens with zero attached hydrogens (tertiary/aromatic N) is 3. The number of hydrogen-bond acceptors (Lipinski definition) is 9. The smallest absolute Gasteiger partial charge is 0.410 e. The molecule has 2 atom stereocenters. The number of amides is 1. The average molecular weight is 592 g/mol. The van der Waals surface area contributed by atoms with Gasteiger partial charge in [-0.2, -0.15) is 0 Å². The molecule has 0 unspecified atom stereocenters. The lowest BCUT2D eigenvalue weighted by atomic mass is 10.2. The fourth-order valence-electron chi connectivity index (χ4n) is 4.44. The van der Waals surface area contributed by atoms with Gasteiger partial charge in [-0.1, -0.05) is 53.4 Å². The van der Waals surface area contributed by atoms with Crippen molar-refractivity contribution in [2.75, 3.05) is 38.2 Å². The van der Waals surface area contributed by atoms with Crippen LogP contribution in [0.1, 0.15) is 11.3 Å². The first-order chi connectivity index (χ1) is 19.6. The van der Waals surface area contributed by atoms with Crippen molar-refractivity contribution in [3.05, 3.63) is 70.8 Å². The van der Waals surface area contributed by atoms with Crippen molar-refractivity contribution in [3.63, 3.8) is 0 Å². The van der Waals surface area contributed by atoms with Gasteiger partial charge in [0.25, 0.3) is 0 Å². The van der Waals surface area contributed by atoms with Crippen LogP contribution < -0.4 is 10.6 Å². The van der Waals surface area contributed by atoms with E-state index in [9.17, 15) is 4.79 Å². The first-order valence-corrected chi connectivity index (χ1v) is 14.9. The van der Waals surface area contributed by atoms with E-state index < -0.39 is 0 Å². The topological polar surface area (TPSA) is 88.6 Å². The number of carbonyl (C=O) groups is 1. The largest absolute Gasteiger partial charge is 0.445 e. The highest BCUT2D eigenvalue weighted by Crippen LogP contribution is 2.36. The second-order valence-corrected chi connectivity index (χ2v) is 11.9. The maximum atomic E-state index is 12.4. The maximum absolute atomic E-state index is 12.4. The summed E-state index contributed by atoms with van der Waals surface area (Å²) in [7, 11) is 0. The second-order valence-electron chi connectivity index (χ2n) is 9.30. The minimum Gasteiger partial charge on any atom is -0.445 e. The number of ether oxygens (including phenoxy) is 2. The van der Waals surface area contributed by atoms with Crippen molar-refractivity contribution in [2.45, 2.75) is 28.4 Å². The number of hydrogen-bond donors (Lipinski definition) is 2. The summed E-state index contributed by atoms with van der Waals surface area (Å²) >= 11 is 9.76. The molecular formula is C29H26ClN5O3S2. The van der Waals surface area contributed by atoms with E-state index in [1.165, 1.54) is 11.3 Å². The Morgan fingerprint density at radius 1 is 1.18 bits per heavy atom. The van der Waals surface area contributed by atoms with Crippen LogP contribution in [0.15, 0.2) is 70.7 Å². The third kappa shape index (κ3) is 6.52. The van der Waals surface area contributed by atoms with E-state index in [4.69, 9.17) is 21.1 Å². The van der Waals surface area contributed by atoms with Crippen LogP contribution in [-0.2, 0) is 9.47 Å². The molecule has 8 nitrogen and oxygen atoms in total. The van der Waals surface area contributed by atoms with Gasteiger partial charge in [-0.15, -0.1) is 11.3 Å². The van der Waals surface area contributed by atoms with Gasteiger partial charge in [0.05, 0.1) is 39.4 Å². The Labute approximate surface area is 245 Å². The molecule has 2 aromatic carbocycles. The van der Waals surface area contributed by atoms with Crippen molar-refractivity contribution >= 4 is 62.5 Å². The summed E-state index contributed by atoms with van der Waals surface area (Å²) in [6, 6.07) is 18.0. The SMILES string of the molecule is O=C(O[C@H]1CN[C@H](C#Cc2cc3ncnc(Nc4ccc(Sc5ccccc5)c(Cl)c4)c3s2)C1)N1CCOCC1. The molecule has 11 heteroatoms. The average Bonchev–Trinajstić information content (AvgIpc) is 3.61. The van der Waals surface area contributed by atoms with Crippen LogP contribution in [0.2, 0.25) is 5.02 Å². The highest BCUT2D eigenvalue weighted by Gasteiger charge is 2.28. The fraction of sp³-hybridized carbons (Fsp3) is 0.276. The number of rotatable bonds is 5. The minimum absolute atomic E-state index is 0.0502. The van der Waals surface area contributed by atoms with Crippen molar-refractivity contribution in [1.29, 1.82) is 0 Å². The number of halogens is 1. The lowest BCUT2D eigenvalue weighted by Gasteiger charge is -2.27. The Bertz CT molecular complexity index is 1570. The molecule has 2 N–H and O–H groups in total. The molecular weight excluding hydrogens is 566 g/mol. The van der Waals surface area contributed by atoms with E-state index in [1.807, 2.05) is 42.5 Å². The summed E-state index contributed by atoms with van der Waals surface area (Å²) in [5, 5.41) is 7.40.